The van der Waals surface area contributed by atoms with Crippen LogP contribution < -0.4 is 19.6 Å². The number of benzene rings is 1. The first kappa shape index (κ1) is 21.2. The van der Waals surface area contributed by atoms with Gasteiger partial charge in [-0.1, -0.05) is 24.3 Å². The normalized spacial score (nSPS) is 13.0. The molecule has 0 aliphatic carbocycles. The Morgan fingerprint density at radius 3 is 1.12 bits per heavy atom. The maximum absolute atomic E-state index is 10.1. The minimum absolute atomic E-state index is 0.549. The molecule has 0 saturated heterocycles. The van der Waals surface area contributed by atoms with E-state index in [1.54, 1.807) is 0 Å². The molecule has 8 bridgehead atoms. The van der Waals surface area contributed by atoms with Crippen LogP contribution in [-0.2, 0) is 0 Å². The third kappa shape index (κ3) is 3.53. The van der Waals surface area contributed by atoms with Gasteiger partial charge in [0.05, 0.1) is 16.9 Å². The van der Waals surface area contributed by atoms with Crippen molar-refractivity contribution in [2.75, 3.05) is 47.8 Å². The molecule has 3 aromatic heterocycles. The van der Waals surface area contributed by atoms with Crippen molar-refractivity contribution >= 4 is 46.3 Å². The predicted octanol–water partition coefficient (Wildman–Crippen LogP) is 5.13. The van der Waals surface area contributed by atoms with Gasteiger partial charge in [0.1, 0.15) is 41.0 Å². The Balaban J connectivity index is 1.77. The lowest BCUT2D eigenvalue weighted by atomic mass is 10.1. The van der Waals surface area contributed by atoms with E-state index in [4.69, 9.17) is 15.0 Å². The summed E-state index contributed by atoms with van der Waals surface area (Å²) in [6.07, 6.45) is 0. The van der Waals surface area contributed by atoms with Crippen molar-refractivity contribution in [3.63, 3.8) is 0 Å². The first-order valence-electron chi connectivity index (χ1n) is 10.9. The van der Waals surface area contributed by atoms with Crippen LogP contribution in [0.4, 0.5) is 46.3 Å². The molecule has 0 spiro atoms. The molecule has 0 amide bonds. The molecule has 0 unspecified atom stereocenters. The second-order valence-electron chi connectivity index (χ2n) is 8.08. The van der Waals surface area contributed by atoms with Crippen LogP contribution in [0.25, 0.3) is 0 Å². The van der Waals surface area contributed by atoms with Crippen LogP contribution in [0.1, 0.15) is 5.56 Å². The summed E-state index contributed by atoms with van der Waals surface area (Å²) in [5.41, 5.74) is 2.08. The summed E-state index contributed by atoms with van der Waals surface area (Å²) in [5, 5.41) is 10.1. The standard InChI is InChI=1S/C26H24N8/c1-31-19-9-5-10-20(18(19)17-27)32(2)22-12-7-14-24(29-22)34(4)26-16-8-15-25(30-26)33(3)23-13-6-11-21(31)28-23/h5-16H,1-4H3. The van der Waals surface area contributed by atoms with Gasteiger partial charge in [-0.25, -0.2) is 15.0 Å². The summed E-state index contributed by atoms with van der Waals surface area (Å²) in [5.74, 6) is 4.46. The minimum Gasteiger partial charge on any atom is -0.328 e. The number of pyridine rings is 3. The zero-order valence-corrected chi connectivity index (χ0v) is 19.5. The third-order valence-corrected chi connectivity index (χ3v) is 6.08. The molecule has 8 nitrogen and oxygen atoms in total. The van der Waals surface area contributed by atoms with Gasteiger partial charge < -0.3 is 19.6 Å². The van der Waals surface area contributed by atoms with Crippen molar-refractivity contribution in [3.8, 4) is 6.07 Å². The number of aromatic nitrogens is 3. The maximum Gasteiger partial charge on any atom is 0.136 e. The van der Waals surface area contributed by atoms with E-state index in [-0.39, 0.29) is 0 Å². The van der Waals surface area contributed by atoms with Gasteiger partial charge in [0.25, 0.3) is 0 Å². The van der Waals surface area contributed by atoms with E-state index in [1.807, 2.05) is 121 Å². The van der Waals surface area contributed by atoms with Crippen molar-refractivity contribution in [1.82, 2.24) is 15.0 Å². The average molecular weight is 449 g/mol. The number of nitriles is 1. The van der Waals surface area contributed by atoms with Gasteiger partial charge in [-0.15, -0.1) is 0 Å². The van der Waals surface area contributed by atoms with Crippen molar-refractivity contribution in [2.45, 2.75) is 0 Å². The molecule has 4 heterocycles. The molecule has 5 rings (SSSR count). The second-order valence-corrected chi connectivity index (χ2v) is 8.08. The number of hydrogen-bond donors (Lipinski definition) is 0. The quantitative estimate of drug-likeness (QED) is 0.367. The fourth-order valence-electron chi connectivity index (χ4n) is 4.04. The third-order valence-electron chi connectivity index (χ3n) is 6.08. The van der Waals surface area contributed by atoms with E-state index in [1.165, 1.54) is 0 Å². The van der Waals surface area contributed by atoms with Crippen LogP contribution in [0.5, 0.6) is 0 Å². The molecule has 8 heteroatoms. The summed E-state index contributed by atoms with van der Waals surface area (Å²) in [7, 11) is 7.72. The van der Waals surface area contributed by atoms with Crippen LogP contribution in [0, 0.1) is 11.3 Å². The minimum atomic E-state index is 0.549. The number of nitrogens with zero attached hydrogens (tertiary/aromatic N) is 8. The van der Waals surface area contributed by atoms with E-state index in [9.17, 15) is 5.26 Å². The number of hydrogen-bond acceptors (Lipinski definition) is 8. The Labute approximate surface area is 199 Å². The summed E-state index contributed by atoms with van der Waals surface area (Å²) < 4.78 is 0. The molecule has 0 atom stereocenters. The highest BCUT2D eigenvalue weighted by Gasteiger charge is 2.20. The van der Waals surface area contributed by atoms with Crippen LogP contribution >= 0.6 is 0 Å². The lowest BCUT2D eigenvalue weighted by Crippen LogP contribution is -2.20. The van der Waals surface area contributed by atoms with Gasteiger partial charge in [0.2, 0.25) is 0 Å². The van der Waals surface area contributed by atoms with Gasteiger partial charge in [-0.3, -0.25) is 0 Å². The number of rotatable bonds is 0. The predicted molar refractivity (Wildman–Crippen MR) is 136 cm³/mol. The van der Waals surface area contributed by atoms with Gasteiger partial charge in [-0.2, -0.15) is 5.26 Å². The fourth-order valence-corrected chi connectivity index (χ4v) is 4.04. The van der Waals surface area contributed by atoms with Crippen molar-refractivity contribution < 1.29 is 0 Å². The van der Waals surface area contributed by atoms with Gasteiger partial charge >= 0.3 is 0 Å². The first-order valence-corrected chi connectivity index (χ1v) is 10.9. The van der Waals surface area contributed by atoms with Crippen molar-refractivity contribution in [1.29, 1.82) is 5.26 Å². The van der Waals surface area contributed by atoms with Gasteiger partial charge in [0.15, 0.2) is 0 Å². The number of anilines is 8. The van der Waals surface area contributed by atoms with E-state index < -0.39 is 0 Å². The largest absolute Gasteiger partial charge is 0.328 e. The molecule has 0 fully saturated rings. The first-order chi connectivity index (χ1) is 16.5. The Kier molecular flexibility index (Phi) is 5.22. The molecule has 168 valence electrons. The molecule has 0 N–H and O–H groups in total. The molecular formula is C26H24N8. The Bertz CT molecular complexity index is 1320. The van der Waals surface area contributed by atoms with E-state index in [2.05, 4.69) is 6.07 Å². The summed E-state index contributed by atoms with van der Waals surface area (Å²) in [6, 6.07) is 25.8. The second kappa shape index (κ2) is 8.37. The maximum atomic E-state index is 10.1. The molecule has 0 saturated carbocycles. The molecular weight excluding hydrogens is 424 g/mol. The summed E-state index contributed by atoms with van der Waals surface area (Å²) in [6.45, 7) is 0. The van der Waals surface area contributed by atoms with E-state index in [0.717, 1.165) is 46.3 Å². The zero-order valence-electron chi connectivity index (χ0n) is 19.5. The SMILES string of the molecule is CN1c2cccc(n2)N(C)c2cccc(n2)N(C)c2cccc(c2C#N)N(C)c2cccc1n2. The Morgan fingerprint density at radius 2 is 0.794 bits per heavy atom. The van der Waals surface area contributed by atoms with Crippen LogP contribution in [0.2, 0.25) is 0 Å². The lowest BCUT2D eigenvalue weighted by Gasteiger charge is -2.27. The van der Waals surface area contributed by atoms with Crippen molar-refractivity contribution in [2.24, 2.45) is 0 Å². The highest BCUT2D eigenvalue weighted by molar-refractivity contribution is 5.79. The molecule has 1 aliphatic rings. The average Bonchev–Trinajstić information content (AvgIpc) is 2.90. The molecule has 1 aromatic carbocycles. The smallest absolute Gasteiger partial charge is 0.136 e. The Hall–Kier alpha value is -4.64. The van der Waals surface area contributed by atoms with Crippen LogP contribution in [0.15, 0.2) is 72.8 Å². The van der Waals surface area contributed by atoms with Crippen LogP contribution in [-0.4, -0.2) is 43.1 Å². The number of fused-ring (bicyclic) bond motifs is 8. The lowest BCUT2D eigenvalue weighted by molar-refractivity contribution is 1.02. The molecule has 0 radical (unpaired) electrons. The van der Waals surface area contributed by atoms with E-state index in [0.29, 0.717) is 5.56 Å². The summed E-state index contributed by atoms with van der Waals surface area (Å²) >= 11 is 0. The zero-order chi connectivity index (χ0) is 23.8. The van der Waals surface area contributed by atoms with E-state index >= 15 is 0 Å². The topological polar surface area (TPSA) is 75.4 Å². The molecule has 4 aromatic rings. The molecule has 1 aliphatic heterocycles. The van der Waals surface area contributed by atoms with Gasteiger partial charge in [-0.05, 0) is 48.5 Å². The van der Waals surface area contributed by atoms with Crippen LogP contribution in [0.3, 0.4) is 0 Å². The van der Waals surface area contributed by atoms with Crippen molar-refractivity contribution in [3.05, 3.63) is 78.4 Å². The summed E-state index contributed by atoms with van der Waals surface area (Å²) in [4.78, 5) is 22.4. The Morgan fingerprint density at radius 1 is 0.500 bits per heavy atom. The molecule has 34 heavy (non-hydrogen) atoms. The fraction of sp³-hybridized carbons (Fsp3) is 0.154. The van der Waals surface area contributed by atoms with Gasteiger partial charge in [0, 0.05) is 28.2 Å². The highest BCUT2D eigenvalue weighted by atomic mass is 15.3. The highest BCUT2D eigenvalue weighted by Crippen LogP contribution is 2.36. The monoisotopic (exact) mass is 448 g/mol.